The van der Waals surface area contributed by atoms with E-state index in [1.165, 1.54) is 0 Å². The molecule has 0 fully saturated rings. The van der Waals surface area contributed by atoms with Crippen LogP contribution in [0.3, 0.4) is 0 Å². The summed E-state index contributed by atoms with van der Waals surface area (Å²) < 4.78 is 3.83. The number of rotatable bonds is 5. The molecule has 1 aromatic heterocycles. The molecule has 0 aliphatic heterocycles. The molecule has 0 aliphatic carbocycles. The quantitative estimate of drug-likeness (QED) is 0.841. The molecule has 1 heterocycles. The van der Waals surface area contributed by atoms with Gasteiger partial charge in [0.1, 0.15) is 4.88 Å². The lowest BCUT2D eigenvalue weighted by molar-refractivity contribution is 0.0942. The maximum absolute atomic E-state index is 12.0. The first-order chi connectivity index (χ1) is 7.87. The second kappa shape index (κ2) is 5.78. The van der Waals surface area contributed by atoms with Gasteiger partial charge < -0.3 is 5.32 Å². The number of alkyl halides is 1. The lowest BCUT2D eigenvalue weighted by Gasteiger charge is -2.21. The number of carbonyl (C=O) groups excluding carboxylic acids is 1. The fourth-order valence-corrected chi connectivity index (χ4v) is 2.01. The first-order valence-electron chi connectivity index (χ1n) is 5.54. The average Bonchev–Trinajstić information content (AvgIpc) is 2.75. The van der Waals surface area contributed by atoms with E-state index in [1.807, 2.05) is 27.7 Å². The van der Waals surface area contributed by atoms with Gasteiger partial charge in [-0.25, -0.2) is 0 Å². The van der Waals surface area contributed by atoms with Crippen molar-refractivity contribution in [3.8, 4) is 0 Å². The highest BCUT2D eigenvalue weighted by atomic mass is 35.5. The van der Waals surface area contributed by atoms with E-state index in [-0.39, 0.29) is 17.2 Å². The predicted molar refractivity (Wildman–Crippen MR) is 70.8 cm³/mol. The summed E-state index contributed by atoms with van der Waals surface area (Å²) in [7, 11) is 0. The summed E-state index contributed by atoms with van der Waals surface area (Å²) in [6.07, 6.45) is 0. The summed E-state index contributed by atoms with van der Waals surface area (Å²) in [5, 5.41) is 6.86. The molecule has 0 aliphatic rings. The number of nitrogens with one attached hydrogen (secondary N) is 1. The van der Waals surface area contributed by atoms with E-state index in [2.05, 4.69) is 14.9 Å². The van der Waals surface area contributed by atoms with Gasteiger partial charge in [-0.15, -0.1) is 16.7 Å². The zero-order valence-corrected chi connectivity index (χ0v) is 12.2. The number of amides is 1. The maximum atomic E-state index is 12.0. The molecule has 1 rings (SSSR count). The molecule has 0 aromatic carbocycles. The van der Waals surface area contributed by atoms with Crippen molar-refractivity contribution in [2.75, 3.05) is 12.4 Å². The molecule has 0 saturated heterocycles. The molecule has 0 saturated carbocycles. The van der Waals surface area contributed by atoms with Crippen molar-refractivity contribution in [2.45, 2.75) is 33.6 Å². The molecular weight excluding hydrogens is 258 g/mol. The van der Waals surface area contributed by atoms with Gasteiger partial charge in [0.25, 0.3) is 5.91 Å². The SMILES string of the molecule is CC(C)c1nnsc1C(=O)NCC(C)(C)CCl. The maximum Gasteiger partial charge on any atom is 0.264 e. The van der Waals surface area contributed by atoms with Gasteiger partial charge in [0.05, 0.1) is 5.69 Å². The van der Waals surface area contributed by atoms with E-state index in [9.17, 15) is 4.79 Å². The molecule has 4 nitrogen and oxygen atoms in total. The summed E-state index contributed by atoms with van der Waals surface area (Å²) in [5.74, 6) is 0.600. The molecule has 1 amide bonds. The van der Waals surface area contributed by atoms with Crippen molar-refractivity contribution in [1.82, 2.24) is 14.9 Å². The molecular formula is C11H18ClN3OS. The molecule has 6 heteroatoms. The van der Waals surface area contributed by atoms with Gasteiger partial charge in [0.2, 0.25) is 0 Å². The van der Waals surface area contributed by atoms with Crippen molar-refractivity contribution in [3.05, 3.63) is 10.6 Å². The Morgan fingerprint density at radius 2 is 2.18 bits per heavy atom. The first-order valence-corrected chi connectivity index (χ1v) is 6.84. The van der Waals surface area contributed by atoms with Gasteiger partial charge in [-0.1, -0.05) is 32.2 Å². The Labute approximate surface area is 111 Å². The smallest absolute Gasteiger partial charge is 0.264 e. The molecule has 0 bridgehead atoms. The van der Waals surface area contributed by atoms with Gasteiger partial charge in [-0.3, -0.25) is 4.79 Å². The minimum atomic E-state index is -0.109. The summed E-state index contributed by atoms with van der Waals surface area (Å²) in [6.45, 7) is 8.56. The van der Waals surface area contributed by atoms with Crippen LogP contribution in [0.1, 0.15) is 49.0 Å². The number of hydrogen-bond donors (Lipinski definition) is 1. The summed E-state index contributed by atoms with van der Waals surface area (Å²) in [5.41, 5.74) is 0.657. The topological polar surface area (TPSA) is 54.9 Å². The Morgan fingerprint density at radius 3 is 2.71 bits per heavy atom. The van der Waals surface area contributed by atoms with Gasteiger partial charge in [0, 0.05) is 12.4 Å². The standard InChI is InChI=1S/C11H18ClN3OS/c1-7(2)8-9(17-15-14-8)10(16)13-6-11(3,4)5-12/h7H,5-6H2,1-4H3,(H,13,16). The number of aromatic nitrogens is 2. The van der Waals surface area contributed by atoms with E-state index in [4.69, 9.17) is 11.6 Å². The fourth-order valence-electron chi connectivity index (χ4n) is 1.18. The van der Waals surface area contributed by atoms with E-state index in [0.29, 0.717) is 17.3 Å². The normalized spacial score (nSPS) is 11.9. The molecule has 0 radical (unpaired) electrons. The minimum Gasteiger partial charge on any atom is -0.351 e. The van der Waals surface area contributed by atoms with E-state index >= 15 is 0 Å². The Bertz CT molecular complexity index is 390. The van der Waals surface area contributed by atoms with Crippen LogP contribution in [0.2, 0.25) is 0 Å². The van der Waals surface area contributed by atoms with Crippen LogP contribution >= 0.6 is 23.1 Å². The Hall–Kier alpha value is -0.680. The highest BCUT2D eigenvalue weighted by Crippen LogP contribution is 2.20. The second-order valence-electron chi connectivity index (χ2n) is 5.12. The van der Waals surface area contributed by atoms with Crippen LogP contribution in [0.4, 0.5) is 0 Å². The van der Waals surface area contributed by atoms with Crippen LogP contribution in [0.25, 0.3) is 0 Å². The molecule has 17 heavy (non-hydrogen) atoms. The van der Waals surface area contributed by atoms with Gasteiger partial charge >= 0.3 is 0 Å². The number of nitrogens with zero attached hydrogens (tertiary/aromatic N) is 2. The highest BCUT2D eigenvalue weighted by molar-refractivity contribution is 7.08. The van der Waals surface area contributed by atoms with Crippen molar-refractivity contribution in [3.63, 3.8) is 0 Å². The lowest BCUT2D eigenvalue weighted by atomic mass is 9.96. The van der Waals surface area contributed by atoms with Crippen molar-refractivity contribution < 1.29 is 4.79 Å². The lowest BCUT2D eigenvalue weighted by Crippen LogP contribution is -2.35. The van der Waals surface area contributed by atoms with E-state index in [1.54, 1.807) is 0 Å². The highest BCUT2D eigenvalue weighted by Gasteiger charge is 2.22. The van der Waals surface area contributed by atoms with Crippen molar-refractivity contribution >= 4 is 29.0 Å². The number of carbonyl (C=O) groups is 1. The van der Waals surface area contributed by atoms with Crippen LogP contribution in [0.5, 0.6) is 0 Å². The molecule has 1 aromatic rings. The van der Waals surface area contributed by atoms with Crippen LogP contribution < -0.4 is 5.32 Å². The van der Waals surface area contributed by atoms with Crippen molar-refractivity contribution in [2.24, 2.45) is 5.41 Å². The molecule has 0 atom stereocenters. The number of hydrogen-bond acceptors (Lipinski definition) is 4. The molecule has 1 N–H and O–H groups in total. The van der Waals surface area contributed by atoms with Crippen LogP contribution in [0, 0.1) is 5.41 Å². The predicted octanol–water partition coefficient (Wildman–Crippen LogP) is 2.66. The van der Waals surface area contributed by atoms with E-state index in [0.717, 1.165) is 17.2 Å². The fraction of sp³-hybridized carbons (Fsp3) is 0.727. The van der Waals surface area contributed by atoms with Crippen molar-refractivity contribution in [1.29, 1.82) is 0 Å². The monoisotopic (exact) mass is 275 g/mol. The van der Waals surface area contributed by atoms with Crippen LogP contribution in [-0.4, -0.2) is 27.9 Å². The Balaban J connectivity index is 2.68. The Morgan fingerprint density at radius 1 is 1.53 bits per heavy atom. The molecule has 0 unspecified atom stereocenters. The summed E-state index contributed by atoms with van der Waals surface area (Å²) in [6, 6.07) is 0. The van der Waals surface area contributed by atoms with Crippen LogP contribution in [-0.2, 0) is 0 Å². The Kier molecular flexibility index (Phi) is 4.89. The second-order valence-corrected chi connectivity index (χ2v) is 6.14. The molecule has 0 spiro atoms. The third kappa shape index (κ3) is 3.92. The van der Waals surface area contributed by atoms with Gasteiger partial charge in [0.15, 0.2) is 0 Å². The average molecular weight is 276 g/mol. The largest absolute Gasteiger partial charge is 0.351 e. The molecule has 96 valence electrons. The minimum absolute atomic E-state index is 0.104. The number of halogens is 1. The first kappa shape index (κ1) is 14.4. The van der Waals surface area contributed by atoms with E-state index < -0.39 is 0 Å². The summed E-state index contributed by atoms with van der Waals surface area (Å²) in [4.78, 5) is 12.6. The zero-order chi connectivity index (χ0) is 13.1. The van der Waals surface area contributed by atoms with Gasteiger partial charge in [-0.05, 0) is 22.9 Å². The van der Waals surface area contributed by atoms with Gasteiger partial charge in [-0.2, -0.15) is 0 Å². The third-order valence-corrected chi connectivity index (χ3v) is 3.82. The summed E-state index contributed by atoms with van der Waals surface area (Å²) >= 11 is 6.95. The zero-order valence-electron chi connectivity index (χ0n) is 10.6. The van der Waals surface area contributed by atoms with Crippen LogP contribution in [0.15, 0.2) is 0 Å². The third-order valence-electron chi connectivity index (χ3n) is 2.36.